The van der Waals surface area contributed by atoms with Gasteiger partial charge in [0.15, 0.2) is 0 Å². The molecule has 1 amide bonds. The van der Waals surface area contributed by atoms with Crippen LogP contribution in [0.4, 0.5) is 0 Å². The van der Waals surface area contributed by atoms with E-state index in [4.69, 9.17) is 0 Å². The molecule has 2 aromatic rings. The normalized spacial score (nSPS) is 25.4. The number of nitrogens with zero attached hydrogens (tertiary/aromatic N) is 5. The molecule has 31 heavy (non-hydrogen) atoms. The van der Waals surface area contributed by atoms with Crippen molar-refractivity contribution in [2.45, 2.75) is 51.6 Å². The second kappa shape index (κ2) is 8.58. The molecule has 0 aliphatic carbocycles. The van der Waals surface area contributed by atoms with Gasteiger partial charge in [0.25, 0.3) is 0 Å². The van der Waals surface area contributed by atoms with E-state index in [9.17, 15) is 4.79 Å². The van der Waals surface area contributed by atoms with E-state index in [2.05, 4.69) is 73.0 Å². The number of hydrogen-bond acceptors (Lipinski definition) is 4. The van der Waals surface area contributed by atoms with Crippen LogP contribution in [0, 0.1) is 11.8 Å². The number of carbonyl (C=O) groups excluding carboxylic acids is 1. The molecule has 1 unspecified atom stereocenters. The van der Waals surface area contributed by atoms with Gasteiger partial charge in [-0.15, -0.1) is 11.7 Å². The van der Waals surface area contributed by atoms with Crippen molar-refractivity contribution >= 4 is 5.91 Å². The van der Waals surface area contributed by atoms with Gasteiger partial charge in [-0.1, -0.05) is 56.3 Å². The quantitative estimate of drug-likeness (QED) is 0.669. The van der Waals surface area contributed by atoms with Gasteiger partial charge in [0, 0.05) is 31.7 Å². The van der Waals surface area contributed by atoms with E-state index in [1.807, 2.05) is 16.6 Å². The van der Waals surface area contributed by atoms with Crippen LogP contribution in [0.3, 0.4) is 0 Å². The third kappa shape index (κ3) is 4.59. The summed E-state index contributed by atoms with van der Waals surface area (Å²) in [4.78, 5) is 17.1. The SMILES string of the molecule is C=CCN(C)C(=O)[C@H]1CN2CC[C@@H]1C[C@@H]2Cn1cc(-c2ccc(C(C)(C)C)cc2)nn1. The summed E-state index contributed by atoms with van der Waals surface area (Å²) in [7, 11) is 1.88. The van der Waals surface area contributed by atoms with Gasteiger partial charge in [-0.3, -0.25) is 14.4 Å². The van der Waals surface area contributed by atoms with Gasteiger partial charge >= 0.3 is 0 Å². The highest BCUT2D eigenvalue weighted by Crippen LogP contribution is 2.37. The lowest BCUT2D eigenvalue weighted by Gasteiger charge is -2.49. The summed E-state index contributed by atoms with van der Waals surface area (Å²) < 4.78 is 1.97. The largest absolute Gasteiger partial charge is 0.342 e. The Hall–Kier alpha value is -2.47. The van der Waals surface area contributed by atoms with E-state index in [0.29, 0.717) is 18.5 Å². The Labute approximate surface area is 185 Å². The van der Waals surface area contributed by atoms with Gasteiger partial charge in [0.05, 0.1) is 18.7 Å². The van der Waals surface area contributed by atoms with Gasteiger partial charge in [-0.25, -0.2) is 0 Å². The number of likely N-dealkylation sites (N-methyl/N-ethyl adjacent to an activating group) is 1. The first-order valence-corrected chi connectivity index (χ1v) is 11.4. The molecule has 3 saturated heterocycles. The number of rotatable bonds is 6. The molecule has 6 heteroatoms. The third-order valence-electron chi connectivity index (χ3n) is 6.96. The van der Waals surface area contributed by atoms with Gasteiger partial charge in [-0.2, -0.15) is 0 Å². The van der Waals surface area contributed by atoms with Crippen LogP contribution in [0.1, 0.15) is 39.2 Å². The lowest BCUT2D eigenvalue weighted by molar-refractivity contribution is -0.142. The molecule has 3 aliphatic heterocycles. The van der Waals surface area contributed by atoms with Crippen LogP contribution in [-0.2, 0) is 16.8 Å². The molecule has 1 aromatic heterocycles. The van der Waals surface area contributed by atoms with E-state index < -0.39 is 0 Å². The fourth-order valence-corrected chi connectivity index (χ4v) is 5.05. The van der Waals surface area contributed by atoms with Crippen LogP contribution in [-0.4, -0.2) is 63.4 Å². The number of benzene rings is 1. The Morgan fingerprint density at radius 3 is 2.65 bits per heavy atom. The van der Waals surface area contributed by atoms with E-state index in [-0.39, 0.29) is 17.2 Å². The molecule has 4 heterocycles. The van der Waals surface area contributed by atoms with Crippen molar-refractivity contribution in [1.29, 1.82) is 0 Å². The maximum Gasteiger partial charge on any atom is 0.227 e. The van der Waals surface area contributed by atoms with Crippen LogP contribution in [0.5, 0.6) is 0 Å². The molecule has 3 fully saturated rings. The minimum absolute atomic E-state index is 0.114. The zero-order valence-corrected chi connectivity index (χ0v) is 19.3. The van der Waals surface area contributed by atoms with Gasteiger partial charge < -0.3 is 4.90 Å². The number of aromatic nitrogens is 3. The van der Waals surface area contributed by atoms with E-state index in [1.165, 1.54) is 5.56 Å². The molecule has 5 rings (SSSR count). The zero-order valence-electron chi connectivity index (χ0n) is 19.3. The molecular formula is C25H35N5O. The molecule has 6 nitrogen and oxygen atoms in total. The first-order chi connectivity index (χ1) is 14.8. The zero-order chi connectivity index (χ0) is 22.2. The first-order valence-electron chi connectivity index (χ1n) is 11.4. The number of carbonyl (C=O) groups is 1. The highest BCUT2D eigenvalue weighted by molar-refractivity contribution is 5.79. The van der Waals surface area contributed by atoms with Crippen LogP contribution in [0.15, 0.2) is 43.1 Å². The summed E-state index contributed by atoms with van der Waals surface area (Å²) in [6.07, 6.45) is 6.00. The second-order valence-electron chi connectivity index (χ2n) is 10.2. The first kappa shape index (κ1) is 21.8. The number of amides is 1. The number of piperidine rings is 3. The molecule has 3 aliphatic rings. The average molecular weight is 422 g/mol. The summed E-state index contributed by atoms with van der Waals surface area (Å²) >= 11 is 0. The minimum Gasteiger partial charge on any atom is -0.342 e. The molecular weight excluding hydrogens is 386 g/mol. The van der Waals surface area contributed by atoms with Crippen molar-refractivity contribution < 1.29 is 4.79 Å². The van der Waals surface area contributed by atoms with Crippen molar-refractivity contribution in [2.24, 2.45) is 11.8 Å². The highest BCUT2D eigenvalue weighted by atomic mass is 16.2. The van der Waals surface area contributed by atoms with E-state index in [1.54, 1.807) is 6.08 Å². The van der Waals surface area contributed by atoms with Crippen molar-refractivity contribution in [1.82, 2.24) is 24.8 Å². The Morgan fingerprint density at radius 1 is 1.29 bits per heavy atom. The second-order valence-corrected chi connectivity index (χ2v) is 10.2. The Kier molecular flexibility index (Phi) is 6.02. The van der Waals surface area contributed by atoms with Crippen molar-refractivity contribution in [3.05, 3.63) is 48.7 Å². The predicted molar refractivity (Wildman–Crippen MR) is 124 cm³/mol. The van der Waals surface area contributed by atoms with E-state index >= 15 is 0 Å². The number of fused-ring (bicyclic) bond motifs is 3. The summed E-state index contributed by atoms with van der Waals surface area (Å²) in [5.41, 5.74) is 3.47. The van der Waals surface area contributed by atoms with Crippen molar-refractivity contribution in [3.63, 3.8) is 0 Å². The Morgan fingerprint density at radius 2 is 2.03 bits per heavy atom. The molecule has 0 N–H and O–H groups in total. The van der Waals surface area contributed by atoms with Crippen LogP contribution in [0.25, 0.3) is 11.3 Å². The van der Waals surface area contributed by atoms with Crippen molar-refractivity contribution in [3.8, 4) is 11.3 Å². The smallest absolute Gasteiger partial charge is 0.227 e. The molecule has 4 atom stereocenters. The molecule has 166 valence electrons. The van der Waals surface area contributed by atoms with Crippen LogP contribution < -0.4 is 0 Å². The maximum atomic E-state index is 12.8. The topological polar surface area (TPSA) is 54.3 Å². The van der Waals surface area contributed by atoms with Gasteiger partial charge in [0.1, 0.15) is 5.69 Å². The van der Waals surface area contributed by atoms with Gasteiger partial charge in [0.2, 0.25) is 5.91 Å². The fourth-order valence-electron chi connectivity index (χ4n) is 5.05. The molecule has 0 spiro atoms. The van der Waals surface area contributed by atoms with Gasteiger partial charge in [-0.05, 0) is 36.3 Å². The Balaban J connectivity index is 1.40. The summed E-state index contributed by atoms with van der Waals surface area (Å²) in [6.45, 7) is 13.8. The standard InChI is InChI=1S/C25H35N5O/c1-6-12-28(5)24(31)22-16-29-13-11-19(22)14-21(29)15-30-17-23(26-27-30)18-7-9-20(10-8-18)25(2,3)4/h6-10,17,19,21-22H,1,11-16H2,2-5H3/t19-,21-,22+/m1/s1. The number of hydrogen-bond donors (Lipinski definition) is 0. The third-order valence-corrected chi connectivity index (χ3v) is 6.96. The summed E-state index contributed by atoms with van der Waals surface area (Å²) in [5.74, 6) is 0.833. The minimum atomic E-state index is 0.114. The molecule has 2 bridgehead atoms. The molecule has 0 radical (unpaired) electrons. The summed E-state index contributed by atoms with van der Waals surface area (Å²) in [6, 6.07) is 9.06. The Bertz CT molecular complexity index is 926. The highest BCUT2D eigenvalue weighted by Gasteiger charge is 2.44. The lowest BCUT2D eigenvalue weighted by Crippen LogP contribution is -2.58. The molecule has 1 aromatic carbocycles. The van der Waals surface area contributed by atoms with Crippen molar-refractivity contribution in [2.75, 3.05) is 26.7 Å². The lowest BCUT2D eigenvalue weighted by atomic mass is 9.75. The van der Waals surface area contributed by atoms with Crippen LogP contribution in [0.2, 0.25) is 0 Å². The predicted octanol–water partition coefficient (Wildman–Crippen LogP) is 3.60. The monoisotopic (exact) mass is 421 g/mol. The van der Waals surface area contributed by atoms with Crippen LogP contribution >= 0.6 is 0 Å². The fraction of sp³-hybridized carbons (Fsp3) is 0.560. The average Bonchev–Trinajstić information content (AvgIpc) is 3.22. The molecule has 0 saturated carbocycles. The van der Waals surface area contributed by atoms with E-state index in [0.717, 1.165) is 43.7 Å². The maximum absolute atomic E-state index is 12.8. The summed E-state index contributed by atoms with van der Waals surface area (Å²) in [5, 5.41) is 8.82.